The van der Waals surface area contributed by atoms with Crippen LogP contribution in [0.5, 0.6) is 0 Å². The SMILES string of the molecule is CCC(C)(C)CNC1CCC(C)CC1. The Labute approximate surface area is 89.7 Å². The second-order valence-electron chi connectivity index (χ2n) is 5.86. The van der Waals surface area contributed by atoms with E-state index in [1.807, 2.05) is 0 Å². The Balaban J connectivity index is 2.19. The molecule has 0 heterocycles. The average molecular weight is 197 g/mol. The molecule has 0 bridgehead atoms. The van der Waals surface area contributed by atoms with Crippen LogP contribution in [0.2, 0.25) is 0 Å². The van der Waals surface area contributed by atoms with Gasteiger partial charge in [0.1, 0.15) is 0 Å². The van der Waals surface area contributed by atoms with Gasteiger partial charge in [-0.2, -0.15) is 0 Å². The quantitative estimate of drug-likeness (QED) is 0.726. The molecule has 0 amide bonds. The number of hydrogen-bond donors (Lipinski definition) is 1. The molecule has 1 fully saturated rings. The highest BCUT2D eigenvalue weighted by Crippen LogP contribution is 2.25. The zero-order valence-corrected chi connectivity index (χ0v) is 10.4. The third-order valence-electron chi connectivity index (χ3n) is 3.84. The standard InChI is InChI=1S/C13H27N/c1-5-13(3,4)10-14-12-8-6-11(2)7-9-12/h11-12,14H,5-10H2,1-4H3. The monoisotopic (exact) mass is 197 g/mol. The van der Waals surface area contributed by atoms with Crippen LogP contribution in [0.3, 0.4) is 0 Å². The van der Waals surface area contributed by atoms with Crippen molar-refractivity contribution in [2.24, 2.45) is 11.3 Å². The van der Waals surface area contributed by atoms with Crippen LogP contribution in [0, 0.1) is 11.3 Å². The van der Waals surface area contributed by atoms with Crippen LogP contribution >= 0.6 is 0 Å². The molecular weight excluding hydrogens is 170 g/mol. The maximum absolute atomic E-state index is 3.73. The third-order valence-corrected chi connectivity index (χ3v) is 3.84. The van der Waals surface area contributed by atoms with E-state index >= 15 is 0 Å². The van der Waals surface area contributed by atoms with Crippen molar-refractivity contribution in [2.75, 3.05) is 6.54 Å². The van der Waals surface area contributed by atoms with Crippen molar-refractivity contribution in [2.45, 2.75) is 65.8 Å². The van der Waals surface area contributed by atoms with E-state index in [4.69, 9.17) is 0 Å². The minimum atomic E-state index is 0.475. The van der Waals surface area contributed by atoms with Crippen molar-refractivity contribution >= 4 is 0 Å². The summed E-state index contributed by atoms with van der Waals surface area (Å²) in [5.74, 6) is 0.965. The van der Waals surface area contributed by atoms with Gasteiger partial charge in [0.15, 0.2) is 0 Å². The second kappa shape index (κ2) is 5.16. The van der Waals surface area contributed by atoms with Crippen LogP contribution in [-0.4, -0.2) is 12.6 Å². The first-order chi connectivity index (χ1) is 6.53. The Bertz CT molecular complexity index is 155. The minimum Gasteiger partial charge on any atom is -0.313 e. The molecule has 0 atom stereocenters. The Morgan fingerprint density at radius 3 is 2.21 bits per heavy atom. The van der Waals surface area contributed by atoms with Gasteiger partial charge < -0.3 is 5.32 Å². The fraction of sp³-hybridized carbons (Fsp3) is 1.00. The van der Waals surface area contributed by atoms with Gasteiger partial charge in [-0.15, -0.1) is 0 Å². The van der Waals surface area contributed by atoms with Gasteiger partial charge in [0.05, 0.1) is 0 Å². The predicted molar refractivity (Wildman–Crippen MR) is 63.5 cm³/mol. The first kappa shape index (κ1) is 12.0. The number of rotatable bonds is 4. The highest BCUT2D eigenvalue weighted by molar-refractivity contribution is 4.78. The van der Waals surface area contributed by atoms with Crippen molar-refractivity contribution in [3.05, 3.63) is 0 Å². The summed E-state index contributed by atoms with van der Waals surface area (Å²) in [7, 11) is 0. The van der Waals surface area contributed by atoms with Crippen LogP contribution in [0.4, 0.5) is 0 Å². The molecule has 84 valence electrons. The van der Waals surface area contributed by atoms with E-state index < -0.39 is 0 Å². The lowest BCUT2D eigenvalue weighted by molar-refractivity contribution is 0.258. The Morgan fingerprint density at radius 1 is 1.14 bits per heavy atom. The zero-order chi connectivity index (χ0) is 10.6. The number of hydrogen-bond acceptors (Lipinski definition) is 1. The summed E-state index contributed by atoms with van der Waals surface area (Å²) in [6.45, 7) is 10.6. The molecule has 1 heteroatoms. The largest absolute Gasteiger partial charge is 0.313 e. The van der Waals surface area contributed by atoms with E-state index in [-0.39, 0.29) is 0 Å². The van der Waals surface area contributed by atoms with Crippen LogP contribution in [0.25, 0.3) is 0 Å². The zero-order valence-electron chi connectivity index (χ0n) is 10.4. The van der Waals surface area contributed by atoms with E-state index in [0.29, 0.717) is 5.41 Å². The molecule has 0 aromatic heterocycles. The van der Waals surface area contributed by atoms with Gasteiger partial charge in [0, 0.05) is 12.6 Å². The van der Waals surface area contributed by atoms with Gasteiger partial charge in [0.2, 0.25) is 0 Å². The summed E-state index contributed by atoms with van der Waals surface area (Å²) in [6, 6.07) is 0.803. The number of nitrogens with one attached hydrogen (secondary N) is 1. The summed E-state index contributed by atoms with van der Waals surface area (Å²) >= 11 is 0. The molecule has 14 heavy (non-hydrogen) atoms. The molecule has 1 aliphatic carbocycles. The predicted octanol–water partition coefficient (Wildman–Crippen LogP) is 3.59. The van der Waals surface area contributed by atoms with Gasteiger partial charge in [-0.05, 0) is 43.4 Å². The lowest BCUT2D eigenvalue weighted by atomic mass is 9.85. The topological polar surface area (TPSA) is 12.0 Å². The molecule has 1 N–H and O–H groups in total. The van der Waals surface area contributed by atoms with E-state index in [1.165, 1.54) is 38.6 Å². The van der Waals surface area contributed by atoms with Crippen molar-refractivity contribution in [1.29, 1.82) is 0 Å². The van der Waals surface area contributed by atoms with Crippen molar-refractivity contribution < 1.29 is 0 Å². The van der Waals surface area contributed by atoms with Crippen molar-refractivity contribution in [3.63, 3.8) is 0 Å². The molecule has 0 unspecified atom stereocenters. The molecule has 0 aromatic carbocycles. The van der Waals surface area contributed by atoms with Gasteiger partial charge in [-0.3, -0.25) is 0 Å². The smallest absolute Gasteiger partial charge is 0.00674 e. The fourth-order valence-corrected chi connectivity index (χ4v) is 2.01. The second-order valence-corrected chi connectivity index (χ2v) is 5.86. The first-order valence-electron chi connectivity index (χ1n) is 6.27. The summed E-state index contributed by atoms with van der Waals surface area (Å²) in [6.07, 6.45) is 6.89. The molecule has 0 aliphatic heterocycles. The Kier molecular flexibility index (Phi) is 4.43. The maximum atomic E-state index is 3.73. The lowest BCUT2D eigenvalue weighted by Gasteiger charge is -2.31. The Hall–Kier alpha value is -0.0400. The summed E-state index contributed by atoms with van der Waals surface area (Å²) in [5.41, 5.74) is 0.475. The van der Waals surface area contributed by atoms with Gasteiger partial charge in [-0.25, -0.2) is 0 Å². The Morgan fingerprint density at radius 2 is 1.71 bits per heavy atom. The third kappa shape index (κ3) is 4.00. The molecule has 0 spiro atoms. The molecular formula is C13H27N. The molecule has 0 saturated heterocycles. The van der Waals surface area contributed by atoms with Crippen LogP contribution in [0.1, 0.15) is 59.8 Å². The van der Waals surface area contributed by atoms with E-state index in [9.17, 15) is 0 Å². The fourth-order valence-electron chi connectivity index (χ4n) is 2.01. The summed E-state index contributed by atoms with van der Waals surface area (Å²) in [4.78, 5) is 0. The van der Waals surface area contributed by atoms with Gasteiger partial charge in [0.25, 0.3) is 0 Å². The highest BCUT2D eigenvalue weighted by Gasteiger charge is 2.21. The molecule has 0 radical (unpaired) electrons. The van der Waals surface area contributed by atoms with Crippen LogP contribution in [-0.2, 0) is 0 Å². The van der Waals surface area contributed by atoms with Crippen LogP contribution < -0.4 is 5.32 Å². The van der Waals surface area contributed by atoms with E-state index in [0.717, 1.165) is 12.0 Å². The molecule has 1 aliphatic rings. The minimum absolute atomic E-state index is 0.475. The first-order valence-corrected chi connectivity index (χ1v) is 6.27. The molecule has 1 saturated carbocycles. The normalized spacial score (nSPS) is 29.1. The molecule has 1 nitrogen and oxygen atoms in total. The summed E-state index contributed by atoms with van der Waals surface area (Å²) in [5, 5.41) is 3.73. The van der Waals surface area contributed by atoms with Crippen LogP contribution in [0.15, 0.2) is 0 Å². The average Bonchev–Trinajstić information content (AvgIpc) is 2.17. The van der Waals surface area contributed by atoms with Crippen molar-refractivity contribution in [1.82, 2.24) is 5.32 Å². The lowest BCUT2D eigenvalue weighted by Crippen LogP contribution is -2.38. The van der Waals surface area contributed by atoms with E-state index in [1.54, 1.807) is 0 Å². The van der Waals surface area contributed by atoms with Crippen molar-refractivity contribution in [3.8, 4) is 0 Å². The molecule has 1 rings (SSSR count). The van der Waals surface area contributed by atoms with Gasteiger partial charge in [-0.1, -0.05) is 27.7 Å². The maximum Gasteiger partial charge on any atom is 0.00674 e. The van der Waals surface area contributed by atoms with Gasteiger partial charge >= 0.3 is 0 Å². The van der Waals surface area contributed by atoms with E-state index in [2.05, 4.69) is 33.0 Å². The highest BCUT2D eigenvalue weighted by atomic mass is 14.9. The summed E-state index contributed by atoms with van der Waals surface area (Å²) < 4.78 is 0. The molecule has 0 aromatic rings.